The van der Waals surface area contributed by atoms with Crippen LogP contribution in [0.3, 0.4) is 0 Å². The summed E-state index contributed by atoms with van der Waals surface area (Å²) in [4.78, 5) is 26.1. The van der Waals surface area contributed by atoms with Gasteiger partial charge in [-0.1, -0.05) is 37.8 Å². The van der Waals surface area contributed by atoms with E-state index in [-0.39, 0.29) is 10.9 Å². The van der Waals surface area contributed by atoms with Gasteiger partial charge in [-0.25, -0.2) is 13.4 Å². The van der Waals surface area contributed by atoms with Gasteiger partial charge < -0.3 is 9.53 Å². The van der Waals surface area contributed by atoms with Crippen molar-refractivity contribution in [3.63, 3.8) is 0 Å². The molecule has 2 rings (SSSR count). The van der Waals surface area contributed by atoms with Crippen LogP contribution in [0, 0.1) is 0 Å². The number of thiazole rings is 1. The Morgan fingerprint density at radius 1 is 1.08 bits per heavy atom. The molecule has 0 radical (unpaired) electrons. The third-order valence-electron chi connectivity index (χ3n) is 3.83. The number of nitrogens with zero attached hydrogens (tertiary/aromatic N) is 1. The van der Waals surface area contributed by atoms with Crippen LogP contribution in [0.5, 0.6) is 0 Å². The van der Waals surface area contributed by atoms with E-state index in [9.17, 15) is 18.0 Å². The predicted octanol–water partition coefficient (Wildman–Crippen LogP) is 3.54. The molecule has 0 saturated heterocycles. The lowest BCUT2D eigenvalue weighted by Gasteiger charge is -2.05. The SMILES string of the molecule is O=CCCCCCCCCOC(=O)CS(=O)(=O)c1nc2ccccc2s1. The van der Waals surface area contributed by atoms with Crippen molar-refractivity contribution in [1.29, 1.82) is 0 Å². The Hall–Kier alpha value is -1.80. The number of esters is 1. The first-order valence-corrected chi connectivity index (χ1v) is 11.2. The molecule has 0 aliphatic rings. The van der Waals surface area contributed by atoms with Crippen molar-refractivity contribution in [3.8, 4) is 0 Å². The second-order valence-corrected chi connectivity index (χ2v) is 9.20. The molecule has 0 fully saturated rings. The molecule has 26 heavy (non-hydrogen) atoms. The molecule has 0 amide bonds. The quantitative estimate of drug-likeness (QED) is 0.309. The molecule has 0 bridgehead atoms. The molecule has 1 heterocycles. The average Bonchev–Trinajstić information content (AvgIpc) is 3.05. The number of carbonyl (C=O) groups is 2. The van der Waals surface area contributed by atoms with Crippen molar-refractivity contribution in [1.82, 2.24) is 4.98 Å². The van der Waals surface area contributed by atoms with Gasteiger partial charge in [0.2, 0.25) is 14.2 Å². The van der Waals surface area contributed by atoms with Gasteiger partial charge in [0.1, 0.15) is 6.29 Å². The van der Waals surface area contributed by atoms with Gasteiger partial charge in [-0.3, -0.25) is 4.79 Å². The van der Waals surface area contributed by atoms with E-state index in [1.54, 1.807) is 18.2 Å². The van der Waals surface area contributed by atoms with Gasteiger partial charge in [0.25, 0.3) is 0 Å². The number of aromatic nitrogens is 1. The molecule has 1 aromatic heterocycles. The minimum absolute atomic E-state index is 0.0500. The molecule has 0 unspecified atom stereocenters. The van der Waals surface area contributed by atoms with Gasteiger partial charge in [-0.05, 0) is 25.0 Å². The van der Waals surface area contributed by atoms with Crippen LogP contribution in [0.15, 0.2) is 28.6 Å². The van der Waals surface area contributed by atoms with Crippen molar-refractivity contribution >= 4 is 43.6 Å². The number of rotatable bonds is 12. The number of unbranched alkanes of at least 4 members (excludes halogenated alkanes) is 6. The number of aldehydes is 1. The Morgan fingerprint density at radius 3 is 2.50 bits per heavy atom. The molecular formula is C18H23NO5S2. The first-order chi connectivity index (χ1) is 12.5. The van der Waals surface area contributed by atoms with Gasteiger partial charge in [0.05, 0.1) is 16.8 Å². The molecule has 1 aromatic carbocycles. The van der Waals surface area contributed by atoms with Gasteiger partial charge in [0, 0.05) is 6.42 Å². The fourth-order valence-electron chi connectivity index (χ4n) is 2.47. The summed E-state index contributed by atoms with van der Waals surface area (Å²) in [5, 5.41) is 0. The Bertz CT molecular complexity index is 796. The normalized spacial score (nSPS) is 11.5. The summed E-state index contributed by atoms with van der Waals surface area (Å²) in [5.41, 5.74) is 0.609. The number of ether oxygens (including phenoxy) is 1. The summed E-state index contributed by atoms with van der Waals surface area (Å²) >= 11 is 1.06. The topological polar surface area (TPSA) is 90.4 Å². The largest absolute Gasteiger partial charge is 0.465 e. The van der Waals surface area contributed by atoms with E-state index in [1.807, 2.05) is 6.07 Å². The molecule has 0 atom stereocenters. The van der Waals surface area contributed by atoms with E-state index in [0.717, 1.165) is 54.4 Å². The minimum atomic E-state index is -3.78. The number of carbonyl (C=O) groups excluding carboxylic acids is 2. The third-order valence-corrected chi connectivity index (χ3v) is 6.91. The summed E-state index contributed by atoms with van der Waals surface area (Å²) in [6.07, 6.45) is 7.18. The molecule has 0 aliphatic carbocycles. The zero-order valence-corrected chi connectivity index (χ0v) is 16.2. The van der Waals surface area contributed by atoms with Crippen LogP contribution in [0.2, 0.25) is 0 Å². The van der Waals surface area contributed by atoms with Crippen molar-refractivity contribution < 1.29 is 22.7 Å². The summed E-state index contributed by atoms with van der Waals surface area (Å²) in [6.45, 7) is 0.225. The zero-order chi connectivity index (χ0) is 18.8. The number of benzene rings is 1. The monoisotopic (exact) mass is 397 g/mol. The molecule has 142 valence electrons. The fraction of sp³-hybridized carbons (Fsp3) is 0.500. The Morgan fingerprint density at radius 2 is 1.77 bits per heavy atom. The van der Waals surface area contributed by atoms with Crippen LogP contribution in [-0.4, -0.2) is 38.0 Å². The van der Waals surface area contributed by atoms with Crippen molar-refractivity contribution in [2.75, 3.05) is 12.4 Å². The van der Waals surface area contributed by atoms with E-state index in [4.69, 9.17) is 4.74 Å². The van der Waals surface area contributed by atoms with Crippen molar-refractivity contribution in [2.45, 2.75) is 49.3 Å². The second-order valence-electron chi connectivity index (χ2n) is 6.00. The molecular weight excluding hydrogens is 374 g/mol. The lowest BCUT2D eigenvalue weighted by molar-refractivity contribution is -0.140. The first-order valence-electron chi connectivity index (χ1n) is 8.70. The lowest BCUT2D eigenvalue weighted by atomic mass is 10.1. The molecule has 8 heteroatoms. The Labute approximate surface area is 157 Å². The molecule has 0 spiro atoms. The summed E-state index contributed by atoms with van der Waals surface area (Å²) < 4.78 is 30.3. The fourth-order valence-corrected chi connectivity index (χ4v) is 4.87. The van der Waals surface area contributed by atoms with Gasteiger partial charge in [-0.15, -0.1) is 11.3 Å². The molecule has 0 aliphatic heterocycles. The molecule has 2 aromatic rings. The van der Waals surface area contributed by atoms with Gasteiger partial charge in [-0.2, -0.15) is 0 Å². The van der Waals surface area contributed by atoms with E-state index in [1.165, 1.54) is 0 Å². The highest BCUT2D eigenvalue weighted by atomic mass is 32.2. The van der Waals surface area contributed by atoms with Gasteiger partial charge >= 0.3 is 5.97 Å². The van der Waals surface area contributed by atoms with Crippen LogP contribution >= 0.6 is 11.3 Å². The predicted molar refractivity (Wildman–Crippen MR) is 101 cm³/mol. The van der Waals surface area contributed by atoms with E-state index in [0.29, 0.717) is 18.4 Å². The molecule has 0 saturated carbocycles. The highest BCUT2D eigenvalue weighted by Gasteiger charge is 2.24. The second kappa shape index (κ2) is 10.4. The van der Waals surface area contributed by atoms with Crippen LogP contribution < -0.4 is 0 Å². The number of fused-ring (bicyclic) bond motifs is 1. The van der Waals surface area contributed by atoms with Crippen LogP contribution in [0.25, 0.3) is 10.2 Å². The molecule has 0 N–H and O–H groups in total. The van der Waals surface area contributed by atoms with E-state index in [2.05, 4.69) is 4.98 Å². The molecule has 6 nitrogen and oxygen atoms in total. The Balaban J connectivity index is 1.69. The zero-order valence-electron chi connectivity index (χ0n) is 14.6. The summed E-state index contributed by atoms with van der Waals surface area (Å²) in [6, 6.07) is 7.13. The highest BCUT2D eigenvalue weighted by Crippen LogP contribution is 2.25. The highest BCUT2D eigenvalue weighted by molar-refractivity contribution is 7.94. The number of para-hydroxylation sites is 1. The first kappa shape index (κ1) is 20.5. The van der Waals surface area contributed by atoms with Gasteiger partial charge in [0.15, 0.2) is 5.75 Å². The van der Waals surface area contributed by atoms with Crippen LogP contribution in [-0.2, 0) is 24.2 Å². The van der Waals surface area contributed by atoms with Crippen LogP contribution in [0.4, 0.5) is 0 Å². The average molecular weight is 398 g/mol. The maximum Gasteiger partial charge on any atom is 0.321 e. The summed E-state index contributed by atoms with van der Waals surface area (Å²) in [5.74, 6) is -1.42. The third kappa shape index (κ3) is 6.49. The Kier molecular flexibility index (Phi) is 8.18. The maximum atomic E-state index is 12.3. The van der Waals surface area contributed by atoms with Crippen molar-refractivity contribution in [3.05, 3.63) is 24.3 Å². The van der Waals surface area contributed by atoms with Crippen LogP contribution in [0.1, 0.15) is 44.9 Å². The van der Waals surface area contributed by atoms with E-state index >= 15 is 0 Å². The number of sulfone groups is 1. The van der Waals surface area contributed by atoms with E-state index < -0.39 is 21.6 Å². The number of hydrogen-bond donors (Lipinski definition) is 0. The number of hydrogen-bond acceptors (Lipinski definition) is 7. The smallest absolute Gasteiger partial charge is 0.321 e. The van der Waals surface area contributed by atoms with Crippen molar-refractivity contribution in [2.24, 2.45) is 0 Å². The summed E-state index contributed by atoms with van der Waals surface area (Å²) in [7, 11) is -3.78. The minimum Gasteiger partial charge on any atom is -0.465 e. The maximum absolute atomic E-state index is 12.3. The standard InChI is InChI=1S/C18H23NO5S2/c20-12-8-4-2-1-3-5-9-13-24-17(21)14-26(22,23)18-19-15-10-6-7-11-16(15)25-18/h6-7,10-12H,1-5,8-9,13-14H2. The lowest BCUT2D eigenvalue weighted by Crippen LogP contribution is -2.19.